The van der Waals surface area contributed by atoms with Gasteiger partial charge in [0.2, 0.25) is 0 Å². The van der Waals surface area contributed by atoms with Gasteiger partial charge in [0, 0.05) is 17.8 Å². The number of hydrogen-bond donors (Lipinski definition) is 3. The number of thiophene rings is 1. The van der Waals surface area contributed by atoms with Crippen LogP contribution in [0, 0.1) is 0 Å². The Balaban J connectivity index is 2.05. The first kappa shape index (κ1) is 14.8. The quantitative estimate of drug-likeness (QED) is 0.784. The molecule has 0 bridgehead atoms. The van der Waals surface area contributed by atoms with Crippen molar-refractivity contribution < 1.29 is 19.8 Å². The number of aliphatic hydroxyl groups is 1. The summed E-state index contributed by atoms with van der Waals surface area (Å²) >= 11 is 1.55. The second-order valence-electron chi connectivity index (χ2n) is 4.82. The largest absolute Gasteiger partial charge is 0.480 e. The van der Waals surface area contributed by atoms with Crippen LogP contribution in [-0.2, 0) is 4.79 Å². The molecule has 1 aromatic rings. The van der Waals surface area contributed by atoms with Gasteiger partial charge < -0.3 is 20.4 Å². The maximum absolute atomic E-state index is 12.2. The number of aliphatic carboxylic acids is 1. The number of amides is 2. The summed E-state index contributed by atoms with van der Waals surface area (Å²) in [6.07, 6.45) is 0.0301. The highest BCUT2D eigenvalue weighted by Gasteiger charge is 2.39. The Morgan fingerprint density at radius 2 is 2.35 bits per heavy atom. The Kier molecular flexibility index (Phi) is 4.61. The maximum atomic E-state index is 12.2. The molecule has 0 aliphatic carbocycles. The van der Waals surface area contributed by atoms with E-state index in [0.29, 0.717) is 0 Å². The Morgan fingerprint density at radius 1 is 1.60 bits per heavy atom. The van der Waals surface area contributed by atoms with Gasteiger partial charge in [0.15, 0.2) is 0 Å². The van der Waals surface area contributed by atoms with Gasteiger partial charge in [-0.15, -0.1) is 11.3 Å². The van der Waals surface area contributed by atoms with Crippen molar-refractivity contribution in [3.63, 3.8) is 0 Å². The van der Waals surface area contributed by atoms with Crippen LogP contribution in [-0.4, -0.2) is 45.8 Å². The molecule has 0 radical (unpaired) electrons. The third kappa shape index (κ3) is 3.10. The van der Waals surface area contributed by atoms with Crippen LogP contribution >= 0.6 is 11.3 Å². The minimum absolute atomic E-state index is 0.0592. The van der Waals surface area contributed by atoms with Crippen molar-refractivity contribution in [3.8, 4) is 0 Å². The van der Waals surface area contributed by atoms with Crippen LogP contribution in [0.3, 0.4) is 0 Å². The number of nitrogens with one attached hydrogen (secondary N) is 1. The van der Waals surface area contributed by atoms with Gasteiger partial charge in [-0.2, -0.15) is 0 Å². The predicted molar refractivity (Wildman–Crippen MR) is 74.6 cm³/mol. The molecule has 1 aliphatic heterocycles. The van der Waals surface area contributed by atoms with Crippen molar-refractivity contribution in [2.45, 2.75) is 38.0 Å². The molecule has 1 aliphatic rings. The van der Waals surface area contributed by atoms with E-state index >= 15 is 0 Å². The summed E-state index contributed by atoms with van der Waals surface area (Å²) in [5, 5.41) is 23.4. The summed E-state index contributed by atoms with van der Waals surface area (Å²) in [6.45, 7) is 2.02. The summed E-state index contributed by atoms with van der Waals surface area (Å²) in [6, 6.07) is 2.33. The number of urea groups is 1. The Morgan fingerprint density at radius 3 is 2.90 bits per heavy atom. The molecular formula is C13H18N2O4S. The van der Waals surface area contributed by atoms with Gasteiger partial charge >= 0.3 is 12.0 Å². The molecule has 1 aromatic heterocycles. The summed E-state index contributed by atoms with van der Waals surface area (Å²) in [4.78, 5) is 25.6. The number of β-amino-alcohol motifs (C(OH)–C–C–N with tert-alkyl or cyclic N) is 1. The van der Waals surface area contributed by atoms with Gasteiger partial charge in [-0.1, -0.05) is 13.0 Å². The lowest BCUT2D eigenvalue weighted by Crippen LogP contribution is -2.47. The van der Waals surface area contributed by atoms with Gasteiger partial charge in [0.1, 0.15) is 6.04 Å². The molecule has 2 amide bonds. The zero-order chi connectivity index (χ0) is 14.7. The number of nitrogens with zero attached hydrogens (tertiary/aromatic N) is 1. The molecule has 2 heterocycles. The molecule has 7 heteroatoms. The van der Waals surface area contributed by atoms with Crippen LogP contribution in [0.4, 0.5) is 4.79 Å². The normalized spacial score (nSPS) is 23.6. The fourth-order valence-electron chi connectivity index (χ4n) is 2.37. The summed E-state index contributed by atoms with van der Waals surface area (Å²) < 4.78 is 0. The molecule has 1 unspecified atom stereocenters. The Labute approximate surface area is 121 Å². The third-order valence-corrected chi connectivity index (χ3v) is 4.40. The zero-order valence-corrected chi connectivity index (χ0v) is 12.0. The lowest BCUT2D eigenvalue weighted by atomic mass is 10.2. The number of hydrogen-bond acceptors (Lipinski definition) is 4. The van der Waals surface area contributed by atoms with Crippen LogP contribution in [0.5, 0.6) is 0 Å². The monoisotopic (exact) mass is 298 g/mol. The van der Waals surface area contributed by atoms with E-state index in [0.717, 1.165) is 11.3 Å². The van der Waals surface area contributed by atoms with E-state index in [2.05, 4.69) is 5.32 Å². The Bertz CT molecular complexity index is 477. The van der Waals surface area contributed by atoms with Crippen molar-refractivity contribution in [1.82, 2.24) is 10.2 Å². The molecule has 1 saturated heterocycles. The molecule has 110 valence electrons. The van der Waals surface area contributed by atoms with Crippen LogP contribution in [0.15, 0.2) is 17.5 Å². The zero-order valence-electron chi connectivity index (χ0n) is 11.2. The highest BCUT2D eigenvalue weighted by molar-refractivity contribution is 7.10. The number of carbonyl (C=O) groups is 2. The van der Waals surface area contributed by atoms with Gasteiger partial charge in [-0.25, -0.2) is 9.59 Å². The first-order valence-electron chi connectivity index (χ1n) is 6.54. The molecule has 1 fully saturated rings. The van der Waals surface area contributed by atoms with Gasteiger partial charge in [0.05, 0.1) is 12.1 Å². The van der Waals surface area contributed by atoms with Gasteiger partial charge in [-0.3, -0.25) is 0 Å². The second kappa shape index (κ2) is 6.23. The van der Waals surface area contributed by atoms with E-state index in [9.17, 15) is 14.7 Å². The molecule has 0 aromatic carbocycles. The molecule has 6 nitrogen and oxygen atoms in total. The standard InChI is InChI=1S/C13H18N2O4S/c1-2-9(11-4-3-5-20-11)14-13(19)15-7-8(16)6-10(15)12(17)18/h3-5,8-10,16H,2,6-7H2,1H3,(H,14,19)(H,17,18)/t8-,9?,10-/m0/s1. The molecule has 0 saturated carbocycles. The fourth-order valence-corrected chi connectivity index (χ4v) is 3.23. The minimum atomic E-state index is -1.08. The van der Waals surface area contributed by atoms with Crippen LogP contribution in [0.2, 0.25) is 0 Å². The summed E-state index contributed by atoms with van der Waals surface area (Å²) in [7, 11) is 0. The van der Waals surface area contributed by atoms with E-state index in [4.69, 9.17) is 5.11 Å². The smallest absolute Gasteiger partial charge is 0.326 e. The lowest BCUT2D eigenvalue weighted by molar-refractivity contribution is -0.141. The minimum Gasteiger partial charge on any atom is -0.480 e. The number of aliphatic hydroxyl groups excluding tert-OH is 1. The summed E-state index contributed by atoms with van der Waals surface area (Å²) in [5.41, 5.74) is 0. The maximum Gasteiger partial charge on any atom is 0.326 e. The molecule has 3 N–H and O–H groups in total. The van der Waals surface area contributed by atoms with E-state index in [1.54, 1.807) is 11.3 Å². The average molecular weight is 298 g/mol. The highest BCUT2D eigenvalue weighted by Crippen LogP contribution is 2.24. The van der Waals surface area contributed by atoms with Crippen molar-refractivity contribution in [1.29, 1.82) is 0 Å². The lowest BCUT2D eigenvalue weighted by Gasteiger charge is -2.24. The number of carboxylic acid groups (broad SMARTS) is 1. The molecule has 3 atom stereocenters. The molecule has 0 spiro atoms. The van der Waals surface area contributed by atoms with Crippen LogP contribution < -0.4 is 5.32 Å². The van der Waals surface area contributed by atoms with Crippen molar-refractivity contribution >= 4 is 23.3 Å². The van der Waals surface area contributed by atoms with Crippen LogP contribution in [0.25, 0.3) is 0 Å². The predicted octanol–water partition coefficient (Wildman–Crippen LogP) is 1.43. The van der Waals surface area contributed by atoms with Gasteiger partial charge in [-0.05, 0) is 17.9 Å². The van der Waals surface area contributed by atoms with Crippen molar-refractivity contribution in [3.05, 3.63) is 22.4 Å². The number of likely N-dealkylation sites (tertiary alicyclic amines) is 1. The fraction of sp³-hybridized carbons (Fsp3) is 0.538. The van der Waals surface area contributed by atoms with Crippen LogP contribution in [0.1, 0.15) is 30.7 Å². The topological polar surface area (TPSA) is 89.9 Å². The van der Waals surface area contributed by atoms with E-state index in [1.807, 2.05) is 24.4 Å². The number of rotatable bonds is 4. The first-order chi connectivity index (χ1) is 9.52. The third-order valence-electron chi connectivity index (χ3n) is 3.42. The first-order valence-corrected chi connectivity index (χ1v) is 7.42. The van der Waals surface area contributed by atoms with Gasteiger partial charge in [0.25, 0.3) is 0 Å². The molecule has 2 rings (SSSR count). The number of carbonyl (C=O) groups excluding carboxylic acids is 1. The van der Waals surface area contributed by atoms with Crippen molar-refractivity contribution in [2.75, 3.05) is 6.54 Å². The van der Waals surface area contributed by atoms with Crippen molar-refractivity contribution in [2.24, 2.45) is 0 Å². The Hall–Kier alpha value is -1.60. The van der Waals surface area contributed by atoms with E-state index in [1.165, 1.54) is 4.90 Å². The average Bonchev–Trinajstić information content (AvgIpc) is 3.04. The van der Waals surface area contributed by atoms with E-state index in [-0.39, 0.29) is 19.0 Å². The highest BCUT2D eigenvalue weighted by atomic mass is 32.1. The molecule has 20 heavy (non-hydrogen) atoms. The number of carboxylic acids is 1. The second-order valence-corrected chi connectivity index (χ2v) is 5.80. The molecular weight excluding hydrogens is 280 g/mol. The summed E-state index contributed by atoms with van der Waals surface area (Å²) in [5.74, 6) is -1.08. The van der Waals surface area contributed by atoms with E-state index < -0.39 is 24.1 Å². The SMILES string of the molecule is CCC(NC(=O)N1C[C@@H](O)C[C@H]1C(=O)O)c1cccs1.